The zero-order valence-electron chi connectivity index (χ0n) is 9.33. The van der Waals surface area contributed by atoms with E-state index in [1.165, 1.54) is 5.56 Å². The van der Waals surface area contributed by atoms with Crippen LogP contribution in [0.2, 0.25) is 0 Å². The maximum Gasteiger partial charge on any atom is 0.0787 e. The minimum absolute atomic E-state index is 0.305. The molecule has 0 saturated carbocycles. The first-order valence-corrected chi connectivity index (χ1v) is 5.46. The fourth-order valence-electron chi connectivity index (χ4n) is 1.52. The summed E-state index contributed by atoms with van der Waals surface area (Å²) in [5.41, 5.74) is 2.39. The van der Waals surface area contributed by atoms with Crippen molar-refractivity contribution in [3.63, 3.8) is 0 Å². The summed E-state index contributed by atoms with van der Waals surface area (Å²) in [5, 5.41) is 9.62. The molecule has 1 nitrogen and oxygen atoms in total. The topological polar surface area (TPSA) is 20.2 Å². The van der Waals surface area contributed by atoms with Gasteiger partial charge in [0.25, 0.3) is 0 Å². The summed E-state index contributed by atoms with van der Waals surface area (Å²) in [6.07, 6.45) is 1.64. The van der Waals surface area contributed by atoms with Crippen LogP contribution in [0.1, 0.15) is 56.8 Å². The van der Waals surface area contributed by atoms with Crippen LogP contribution in [0, 0.1) is 0 Å². The van der Waals surface area contributed by atoms with Gasteiger partial charge >= 0.3 is 0 Å². The third kappa shape index (κ3) is 2.58. The second-order valence-electron chi connectivity index (χ2n) is 3.90. The molecular formula is C13H20O. The first-order chi connectivity index (χ1) is 6.69. The van der Waals surface area contributed by atoms with Crippen LogP contribution in [0.15, 0.2) is 24.3 Å². The molecule has 0 spiro atoms. The van der Waals surface area contributed by atoms with Crippen molar-refractivity contribution in [2.45, 2.75) is 45.6 Å². The van der Waals surface area contributed by atoms with Gasteiger partial charge in [0.2, 0.25) is 0 Å². The molecule has 2 atom stereocenters. The van der Waals surface area contributed by atoms with Gasteiger partial charge in [0, 0.05) is 0 Å². The Morgan fingerprint density at radius 1 is 1.00 bits per heavy atom. The number of hydrogen-bond acceptors (Lipinski definition) is 1. The summed E-state index contributed by atoms with van der Waals surface area (Å²) in [5.74, 6) is 0.614. The van der Waals surface area contributed by atoms with E-state index in [9.17, 15) is 5.11 Å². The van der Waals surface area contributed by atoms with Crippen LogP contribution >= 0.6 is 0 Å². The Kier molecular flexibility index (Phi) is 4.15. The lowest BCUT2D eigenvalue weighted by atomic mass is 9.96. The summed E-state index contributed by atoms with van der Waals surface area (Å²) in [7, 11) is 0. The van der Waals surface area contributed by atoms with Gasteiger partial charge in [-0.05, 0) is 29.9 Å². The fourth-order valence-corrected chi connectivity index (χ4v) is 1.52. The van der Waals surface area contributed by atoms with Gasteiger partial charge < -0.3 is 5.11 Å². The van der Waals surface area contributed by atoms with Crippen molar-refractivity contribution in [3.8, 4) is 0 Å². The molecule has 0 aliphatic carbocycles. The molecule has 1 aromatic carbocycles. The summed E-state index contributed by atoms with van der Waals surface area (Å²) in [4.78, 5) is 0. The van der Waals surface area contributed by atoms with Crippen molar-refractivity contribution in [2.24, 2.45) is 0 Å². The number of rotatable bonds is 4. The van der Waals surface area contributed by atoms with Gasteiger partial charge in [-0.15, -0.1) is 0 Å². The molecule has 1 unspecified atom stereocenters. The van der Waals surface area contributed by atoms with E-state index < -0.39 is 0 Å². The molecular weight excluding hydrogens is 172 g/mol. The lowest BCUT2D eigenvalue weighted by Gasteiger charge is -2.12. The summed E-state index contributed by atoms with van der Waals surface area (Å²) in [6, 6.07) is 8.33. The molecule has 1 N–H and O–H groups in total. The van der Waals surface area contributed by atoms with Gasteiger partial charge in [-0.25, -0.2) is 0 Å². The van der Waals surface area contributed by atoms with Gasteiger partial charge in [-0.3, -0.25) is 0 Å². The molecule has 0 saturated heterocycles. The lowest BCUT2D eigenvalue weighted by molar-refractivity contribution is 0.173. The van der Waals surface area contributed by atoms with Crippen molar-refractivity contribution in [3.05, 3.63) is 35.4 Å². The molecule has 0 radical (unpaired) electrons. The van der Waals surface area contributed by atoms with E-state index in [1.54, 1.807) is 0 Å². The molecule has 1 aromatic rings. The molecule has 0 aromatic heterocycles. The maximum atomic E-state index is 9.62. The highest BCUT2D eigenvalue weighted by Crippen LogP contribution is 2.22. The minimum atomic E-state index is -0.305. The minimum Gasteiger partial charge on any atom is -0.388 e. The predicted molar refractivity (Wildman–Crippen MR) is 60.4 cm³/mol. The normalized spacial score (nSPS) is 15.1. The molecule has 1 rings (SSSR count). The Balaban J connectivity index is 2.78. The predicted octanol–water partition coefficient (Wildman–Crippen LogP) is 3.64. The first kappa shape index (κ1) is 11.3. The average molecular weight is 192 g/mol. The smallest absolute Gasteiger partial charge is 0.0787 e. The van der Waals surface area contributed by atoms with Crippen molar-refractivity contribution >= 4 is 0 Å². The van der Waals surface area contributed by atoms with Gasteiger partial charge in [0.05, 0.1) is 6.10 Å². The van der Waals surface area contributed by atoms with Crippen LogP contribution in [0.3, 0.4) is 0 Å². The summed E-state index contributed by atoms with van der Waals surface area (Å²) < 4.78 is 0. The zero-order valence-corrected chi connectivity index (χ0v) is 9.33. The Morgan fingerprint density at radius 2 is 1.50 bits per heavy atom. The fraction of sp³-hybridized carbons (Fsp3) is 0.538. The number of benzene rings is 1. The third-order valence-electron chi connectivity index (χ3n) is 2.89. The van der Waals surface area contributed by atoms with Crippen molar-refractivity contribution in [1.82, 2.24) is 0 Å². The van der Waals surface area contributed by atoms with E-state index in [-0.39, 0.29) is 6.10 Å². The average Bonchev–Trinajstić information content (AvgIpc) is 2.27. The molecule has 0 aliphatic heterocycles. The Labute approximate surface area is 86.8 Å². The van der Waals surface area contributed by atoms with Crippen LogP contribution < -0.4 is 0 Å². The van der Waals surface area contributed by atoms with Gasteiger partial charge in [0.1, 0.15) is 0 Å². The molecule has 14 heavy (non-hydrogen) atoms. The van der Waals surface area contributed by atoms with Crippen molar-refractivity contribution in [1.29, 1.82) is 0 Å². The number of hydrogen-bond donors (Lipinski definition) is 1. The van der Waals surface area contributed by atoms with E-state index >= 15 is 0 Å². The van der Waals surface area contributed by atoms with Crippen LogP contribution in [0.4, 0.5) is 0 Å². The highest BCUT2D eigenvalue weighted by molar-refractivity contribution is 5.26. The van der Waals surface area contributed by atoms with E-state index in [2.05, 4.69) is 26.0 Å². The van der Waals surface area contributed by atoms with Gasteiger partial charge in [0.15, 0.2) is 0 Å². The number of aliphatic hydroxyl groups excluding tert-OH is 1. The highest BCUT2D eigenvalue weighted by atomic mass is 16.3. The second-order valence-corrected chi connectivity index (χ2v) is 3.90. The van der Waals surface area contributed by atoms with Gasteiger partial charge in [-0.1, -0.05) is 45.0 Å². The molecule has 1 heteroatoms. The van der Waals surface area contributed by atoms with Gasteiger partial charge in [-0.2, -0.15) is 0 Å². The molecule has 0 bridgehead atoms. The summed E-state index contributed by atoms with van der Waals surface area (Å²) >= 11 is 0. The van der Waals surface area contributed by atoms with Crippen LogP contribution in [0.5, 0.6) is 0 Å². The SMILES string of the molecule is CCC(C)c1ccc([C@H](O)CC)cc1. The monoisotopic (exact) mass is 192 g/mol. The van der Waals surface area contributed by atoms with E-state index in [0.29, 0.717) is 5.92 Å². The molecule has 78 valence electrons. The van der Waals surface area contributed by atoms with Crippen LogP contribution in [-0.2, 0) is 0 Å². The molecule has 0 amide bonds. The van der Waals surface area contributed by atoms with E-state index in [4.69, 9.17) is 0 Å². The quantitative estimate of drug-likeness (QED) is 0.772. The van der Waals surface area contributed by atoms with Crippen LogP contribution in [0.25, 0.3) is 0 Å². The standard InChI is InChI=1S/C13H20O/c1-4-10(3)11-6-8-12(9-7-11)13(14)5-2/h6-10,13-14H,4-5H2,1-3H3/t10?,13-/m1/s1. The second kappa shape index (κ2) is 5.16. The zero-order chi connectivity index (χ0) is 10.6. The highest BCUT2D eigenvalue weighted by Gasteiger charge is 2.06. The number of aliphatic hydroxyl groups is 1. The van der Waals surface area contributed by atoms with Crippen molar-refractivity contribution < 1.29 is 5.11 Å². The first-order valence-electron chi connectivity index (χ1n) is 5.46. The van der Waals surface area contributed by atoms with E-state index in [1.807, 2.05) is 19.1 Å². The Bertz CT molecular complexity index is 234. The molecule has 0 fully saturated rings. The Morgan fingerprint density at radius 3 is 1.93 bits per heavy atom. The largest absolute Gasteiger partial charge is 0.388 e. The maximum absolute atomic E-state index is 9.62. The van der Waals surface area contributed by atoms with E-state index in [0.717, 1.165) is 18.4 Å². The summed E-state index contributed by atoms with van der Waals surface area (Å²) in [6.45, 7) is 6.41. The Hall–Kier alpha value is -0.820. The molecule has 0 aliphatic rings. The molecule has 0 heterocycles. The lowest BCUT2D eigenvalue weighted by Crippen LogP contribution is -1.96. The van der Waals surface area contributed by atoms with Crippen molar-refractivity contribution in [2.75, 3.05) is 0 Å². The van der Waals surface area contributed by atoms with Crippen LogP contribution in [-0.4, -0.2) is 5.11 Å². The third-order valence-corrected chi connectivity index (χ3v) is 2.89.